The fraction of sp³-hybridized carbons (Fsp3) is 0.333. The van der Waals surface area contributed by atoms with Gasteiger partial charge in [-0.05, 0) is 45.2 Å². The fourth-order valence-corrected chi connectivity index (χ4v) is 5.39. The third-order valence-corrected chi connectivity index (χ3v) is 7.44. The van der Waals surface area contributed by atoms with Crippen molar-refractivity contribution in [3.8, 4) is 5.75 Å². The van der Waals surface area contributed by atoms with E-state index >= 15 is 0 Å². The zero-order valence-electron chi connectivity index (χ0n) is 20.1. The van der Waals surface area contributed by atoms with Crippen LogP contribution in [-0.2, 0) is 14.8 Å². The molecule has 0 saturated carbocycles. The molecular weight excluding hydrogens is 470 g/mol. The summed E-state index contributed by atoms with van der Waals surface area (Å²) < 4.78 is 34.5. The van der Waals surface area contributed by atoms with Crippen LogP contribution in [0.2, 0.25) is 0 Å². The maximum absolute atomic E-state index is 13.3. The molecule has 0 radical (unpaired) electrons. The lowest BCUT2D eigenvalue weighted by Gasteiger charge is -2.32. The number of ether oxygens (including phenoxy) is 1. The molecule has 1 saturated heterocycles. The molecule has 3 N–H and O–H groups in total. The van der Waals surface area contributed by atoms with E-state index in [0.717, 1.165) is 18.7 Å². The van der Waals surface area contributed by atoms with Gasteiger partial charge in [0.05, 0.1) is 24.2 Å². The Morgan fingerprint density at radius 3 is 2.40 bits per heavy atom. The third kappa shape index (κ3) is 4.96. The number of amides is 3. The van der Waals surface area contributed by atoms with Crippen molar-refractivity contribution in [1.82, 2.24) is 9.80 Å². The van der Waals surface area contributed by atoms with E-state index in [9.17, 15) is 18.0 Å². The van der Waals surface area contributed by atoms with Crippen LogP contribution in [-0.4, -0.2) is 70.5 Å². The van der Waals surface area contributed by atoms with E-state index in [4.69, 9.17) is 4.74 Å². The van der Waals surface area contributed by atoms with E-state index in [2.05, 4.69) is 20.3 Å². The van der Waals surface area contributed by atoms with E-state index in [1.807, 2.05) is 20.9 Å². The highest BCUT2D eigenvalue weighted by atomic mass is 32.2. The average Bonchev–Trinajstić information content (AvgIpc) is 3.14. The summed E-state index contributed by atoms with van der Waals surface area (Å²) in [6, 6.07) is 9.07. The van der Waals surface area contributed by atoms with Crippen LogP contribution in [0.25, 0.3) is 5.57 Å². The molecule has 0 aromatic heterocycles. The predicted molar refractivity (Wildman–Crippen MR) is 135 cm³/mol. The van der Waals surface area contributed by atoms with Crippen molar-refractivity contribution in [3.05, 3.63) is 47.5 Å². The second-order valence-electron chi connectivity index (χ2n) is 8.75. The van der Waals surface area contributed by atoms with Crippen LogP contribution in [0.15, 0.2) is 46.9 Å². The number of fused-ring (bicyclic) bond motifs is 1. The maximum Gasteiger partial charge on any atom is 0.321 e. The van der Waals surface area contributed by atoms with Crippen molar-refractivity contribution >= 4 is 44.6 Å². The van der Waals surface area contributed by atoms with Crippen LogP contribution in [0.4, 0.5) is 21.9 Å². The molecule has 0 unspecified atom stereocenters. The van der Waals surface area contributed by atoms with Crippen molar-refractivity contribution in [2.45, 2.75) is 18.7 Å². The Morgan fingerprint density at radius 2 is 1.74 bits per heavy atom. The SMILES string of the molecule is COc1ccccc1S(=O)(=O)Nc1cc2c(cc1NC(=O)N1CCN(C)CC1)NC(=O)C2=C(C)C. The quantitative estimate of drug-likeness (QED) is 0.544. The molecule has 186 valence electrons. The molecule has 2 aromatic rings. The zero-order chi connectivity index (χ0) is 25.3. The molecule has 1 fully saturated rings. The molecule has 2 aliphatic heterocycles. The largest absolute Gasteiger partial charge is 0.495 e. The third-order valence-electron chi connectivity index (χ3n) is 6.04. The maximum atomic E-state index is 13.3. The summed E-state index contributed by atoms with van der Waals surface area (Å²) in [6.07, 6.45) is 0. The topological polar surface area (TPSA) is 120 Å². The van der Waals surface area contributed by atoms with Gasteiger partial charge in [0, 0.05) is 37.3 Å². The van der Waals surface area contributed by atoms with E-state index in [0.29, 0.717) is 29.9 Å². The number of carbonyl (C=O) groups excluding carboxylic acids is 2. The highest BCUT2D eigenvalue weighted by Crippen LogP contribution is 2.40. The molecule has 10 nitrogen and oxygen atoms in total. The Labute approximate surface area is 205 Å². The lowest BCUT2D eigenvalue weighted by atomic mass is 10.0. The molecule has 2 aromatic carbocycles. The Bertz CT molecular complexity index is 1310. The molecule has 0 atom stereocenters. The monoisotopic (exact) mass is 499 g/mol. The number of para-hydroxylation sites is 1. The number of allylic oxidation sites excluding steroid dienone is 1. The predicted octanol–water partition coefficient (Wildman–Crippen LogP) is 3.02. The zero-order valence-corrected chi connectivity index (χ0v) is 21.0. The van der Waals surface area contributed by atoms with Crippen LogP contribution in [0.5, 0.6) is 5.75 Å². The molecule has 0 aliphatic carbocycles. The van der Waals surface area contributed by atoms with E-state index < -0.39 is 10.0 Å². The Balaban J connectivity index is 1.75. The number of sulfonamides is 1. The van der Waals surface area contributed by atoms with Crippen LogP contribution >= 0.6 is 0 Å². The first-order chi connectivity index (χ1) is 16.6. The minimum absolute atomic E-state index is 0.0454. The first kappa shape index (κ1) is 24.6. The number of carbonyl (C=O) groups is 2. The fourth-order valence-electron chi connectivity index (χ4n) is 4.15. The van der Waals surface area contributed by atoms with Gasteiger partial charge in [-0.2, -0.15) is 0 Å². The van der Waals surface area contributed by atoms with Crippen molar-refractivity contribution in [2.75, 3.05) is 55.7 Å². The lowest BCUT2D eigenvalue weighted by Crippen LogP contribution is -2.48. The number of anilines is 3. The van der Waals surface area contributed by atoms with Gasteiger partial charge in [-0.3, -0.25) is 9.52 Å². The number of hydrogen-bond acceptors (Lipinski definition) is 6. The Morgan fingerprint density at radius 1 is 1.06 bits per heavy atom. The molecule has 0 bridgehead atoms. The number of benzene rings is 2. The van der Waals surface area contributed by atoms with Gasteiger partial charge in [-0.1, -0.05) is 17.7 Å². The van der Waals surface area contributed by atoms with Crippen molar-refractivity contribution in [1.29, 1.82) is 0 Å². The Kier molecular flexibility index (Phi) is 6.73. The number of nitrogens with one attached hydrogen (secondary N) is 3. The van der Waals surface area contributed by atoms with Gasteiger partial charge in [-0.15, -0.1) is 0 Å². The molecular formula is C24H29N5O5S. The van der Waals surface area contributed by atoms with Gasteiger partial charge in [-0.25, -0.2) is 13.2 Å². The van der Waals surface area contributed by atoms with Crippen LogP contribution < -0.4 is 20.1 Å². The van der Waals surface area contributed by atoms with Crippen LogP contribution in [0.3, 0.4) is 0 Å². The summed E-state index contributed by atoms with van der Waals surface area (Å²) in [5.74, 6) is -0.0907. The highest BCUT2D eigenvalue weighted by Gasteiger charge is 2.30. The number of likely N-dealkylation sites (N-methyl/N-ethyl adjacent to an activating group) is 1. The summed E-state index contributed by atoms with van der Waals surface area (Å²) in [6.45, 7) is 6.20. The molecule has 4 rings (SSSR count). The van der Waals surface area contributed by atoms with Crippen LogP contribution in [0.1, 0.15) is 19.4 Å². The number of piperazine rings is 1. The molecule has 2 aliphatic rings. The second-order valence-corrected chi connectivity index (χ2v) is 10.4. The second kappa shape index (κ2) is 9.59. The van der Waals surface area contributed by atoms with Gasteiger partial charge in [0.15, 0.2) is 0 Å². The molecule has 0 spiro atoms. The van der Waals surface area contributed by atoms with Gasteiger partial charge >= 0.3 is 6.03 Å². The summed E-state index contributed by atoms with van der Waals surface area (Å²) in [5, 5.41) is 5.63. The summed E-state index contributed by atoms with van der Waals surface area (Å²) >= 11 is 0. The van der Waals surface area contributed by atoms with Crippen molar-refractivity contribution in [2.24, 2.45) is 0 Å². The number of nitrogens with zero attached hydrogens (tertiary/aromatic N) is 2. The first-order valence-corrected chi connectivity index (χ1v) is 12.7. The highest BCUT2D eigenvalue weighted by molar-refractivity contribution is 7.92. The van der Waals surface area contributed by atoms with Gasteiger partial charge in [0.2, 0.25) is 0 Å². The molecule has 11 heteroatoms. The number of urea groups is 1. The minimum Gasteiger partial charge on any atom is -0.495 e. The van der Waals surface area contributed by atoms with Crippen LogP contribution in [0, 0.1) is 0 Å². The average molecular weight is 500 g/mol. The van der Waals surface area contributed by atoms with E-state index in [1.165, 1.54) is 13.2 Å². The minimum atomic E-state index is -4.08. The summed E-state index contributed by atoms with van der Waals surface area (Å²) in [5.41, 5.74) is 2.70. The van der Waals surface area contributed by atoms with E-state index in [1.54, 1.807) is 35.2 Å². The van der Waals surface area contributed by atoms with E-state index in [-0.39, 0.29) is 34.0 Å². The number of methoxy groups -OCH3 is 1. The van der Waals surface area contributed by atoms with Crippen molar-refractivity contribution < 1.29 is 22.7 Å². The summed E-state index contributed by atoms with van der Waals surface area (Å²) in [4.78, 5) is 29.3. The first-order valence-electron chi connectivity index (χ1n) is 11.2. The summed E-state index contributed by atoms with van der Waals surface area (Å²) in [7, 11) is -0.700. The van der Waals surface area contributed by atoms with Crippen molar-refractivity contribution in [3.63, 3.8) is 0 Å². The molecule has 35 heavy (non-hydrogen) atoms. The standard InChI is InChI=1S/C24H29N5O5S/c1-15(2)22-16-13-19(27-35(32,33)21-8-6-5-7-20(21)34-4)18(14-17(16)25-23(22)30)26-24(31)29-11-9-28(3)10-12-29/h5-8,13-14,27H,9-12H2,1-4H3,(H,25,30)(H,26,31). The lowest BCUT2D eigenvalue weighted by molar-refractivity contribution is -0.110. The van der Waals surface area contributed by atoms with Gasteiger partial charge in [0.25, 0.3) is 15.9 Å². The smallest absolute Gasteiger partial charge is 0.321 e. The molecule has 2 heterocycles. The number of hydrogen-bond donors (Lipinski definition) is 3. The normalized spacial score (nSPS) is 15.9. The Hall–Kier alpha value is -3.57. The van der Waals surface area contributed by atoms with Gasteiger partial charge < -0.3 is 25.2 Å². The number of rotatable bonds is 5. The molecule has 3 amide bonds. The van der Waals surface area contributed by atoms with Gasteiger partial charge in [0.1, 0.15) is 10.6 Å².